The third kappa shape index (κ3) is 2.57. The van der Waals surface area contributed by atoms with Gasteiger partial charge >= 0.3 is 0 Å². The second kappa shape index (κ2) is 4.97. The maximum absolute atomic E-state index is 4.43. The lowest BCUT2D eigenvalue weighted by Gasteiger charge is -2.16. The van der Waals surface area contributed by atoms with Gasteiger partial charge in [0, 0.05) is 22.2 Å². The van der Waals surface area contributed by atoms with E-state index in [9.17, 15) is 0 Å². The van der Waals surface area contributed by atoms with Crippen molar-refractivity contribution in [2.75, 3.05) is 5.32 Å². The van der Waals surface area contributed by atoms with E-state index < -0.39 is 0 Å². The first kappa shape index (κ1) is 12.1. The van der Waals surface area contributed by atoms with Gasteiger partial charge in [0.1, 0.15) is 10.8 Å². The molecule has 3 nitrogen and oxygen atoms in total. The molecule has 0 spiro atoms. The number of hydrogen-bond donors (Lipinski definition) is 1. The normalized spacial score (nSPS) is 16.6. The monoisotopic (exact) mass is 323 g/mol. The molecule has 2 aromatic heterocycles. The van der Waals surface area contributed by atoms with E-state index in [-0.39, 0.29) is 0 Å². The Bertz CT molecular complexity index is 537. The highest BCUT2D eigenvalue weighted by molar-refractivity contribution is 9.10. The predicted molar refractivity (Wildman–Crippen MR) is 77.9 cm³/mol. The van der Waals surface area contributed by atoms with Gasteiger partial charge < -0.3 is 5.32 Å². The fourth-order valence-corrected chi connectivity index (χ4v) is 2.97. The van der Waals surface area contributed by atoms with Crippen LogP contribution >= 0.6 is 27.3 Å². The summed E-state index contributed by atoms with van der Waals surface area (Å²) in [6.07, 6.45) is 6.29. The SMILES string of the molecule is Cc1cc(NC(c2nccs2)C2CC2)ncc1Br. The van der Waals surface area contributed by atoms with Gasteiger partial charge in [-0.15, -0.1) is 11.3 Å². The van der Waals surface area contributed by atoms with Crippen LogP contribution in [0.1, 0.15) is 29.5 Å². The van der Waals surface area contributed by atoms with Gasteiger partial charge in [0.15, 0.2) is 0 Å². The van der Waals surface area contributed by atoms with Crippen molar-refractivity contribution >= 4 is 33.1 Å². The van der Waals surface area contributed by atoms with Crippen LogP contribution in [-0.2, 0) is 0 Å². The Kier molecular flexibility index (Phi) is 3.35. The van der Waals surface area contributed by atoms with Gasteiger partial charge in [-0.05, 0) is 53.2 Å². The molecule has 1 unspecified atom stereocenters. The summed E-state index contributed by atoms with van der Waals surface area (Å²) in [5.41, 5.74) is 1.20. The predicted octanol–water partition coefficient (Wildman–Crippen LogP) is 4.17. The quantitative estimate of drug-likeness (QED) is 0.917. The van der Waals surface area contributed by atoms with E-state index in [1.165, 1.54) is 23.4 Å². The molecule has 1 aliphatic rings. The number of halogens is 1. The standard InChI is InChI=1S/C13H14BrN3S/c1-8-6-11(16-7-10(8)14)17-12(9-2-3-9)13-15-4-5-18-13/h4-7,9,12H,2-3H2,1H3,(H,16,17). The first-order chi connectivity index (χ1) is 8.74. The third-order valence-electron chi connectivity index (χ3n) is 3.16. The molecule has 0 amide bonds. The Morgan fingerprint density at radius 2 is 2.28 bits per heavy atom. The van der Waals surface area contributed by atoms with Crippen molar-refractivity contribution < 1.29 is 0 Å². The summed E-state index contributed by atoms with van der Waals surface area (Å²) >= 11 is 5.19. The Hall–Kier alpha value is -0.940. The zero-order valence-corrected chi connectivity index (χ0v) is 12.5. The largest absolute Gasteiger partial charge is 0.361 e. The number of nitrogens with zero attached hydrogens (tertiary/aromatic N) is 2. The fourth-order valence-electron chi connectivity index (χ4n) is 1.98. The van der Waals surface area contributed by atoms with Crippen molar-refractivity contribution in [2.24, 2.45) is 5.92 Å². The lowest BCUT2D eigenvalue weighted by molar-refractivity contribution is 0.670. The Morgan fingerprint density at radius 3 is 2.89 bits per heavy atom. The van der Waals surface area contributed by atoms with Crippen LogP contribution in [0.2, 0.25) is 0 Å². The van der Waals surface area contributed by atoms with E-state index in [0.29, 0.717) is 12.0 Å². The van der Waals surface area contributed by atoms with Crippen LogP contribution < -0.4 is 5.32 Å². The Labute approximate surface area is 119 Å². The highest BCUT2D eigenvalue weighted by atomic mass is 79.9. The molecule has 1 aliphatic carbocycles. The molecule has 1 N–H and O–H groups in total. The second-order valence-electron chi connectivity index (χ2n) is 4.65. The number of rotatable bonds is 4. The van der Waals surface area contributed by atoms with Gasteiger partial charge in [-0.2, -0.15) is 0 Å². The summed E-state index contributed by atoms with van der Waals surface area (Å²) in [4.78, 5) is 8.85. The number of pyridine rings is 1. The molecule has 0 aliphatic heterocycles. The van der Waals surface area contributed by atoms with E-state index in [2.05, 4.69) is 44.2 Å². The van der Waals surface area contributed by atoms with Crippen LogP contribution in [0.4, 0.5) is 5.82 Å². The molecule has 1 fully saturated rings. The summed E-state index contributed by atoms with van der Waals surface area (Å²) in [6.45, 7) is 2.08. The fraction of sp³-hybridized carbons (Fsp3) is 0.385. The average Bonchev–Trinajstić information content (AvgIpc) is 3.05. The number of anilines is 1. The molecule has 0 saturated heterocycles. The van der Waals surface area contributed by atoms with Crippen LogP contribution in [0.15, 0.2) is 28.3 Å². The number of aryl methyl sites for hydroxylation is 1. The number of nitrogens with one attached hydrogen (secondary N) is 1. The topological polar surface area (TPSA) is 37.8 Å². The highest BCUT2D eigenvalue weighted by Gasteiger charge is 2.34. The van der Waals surface area contributed by atoms with Gasteiger partial charge in [-0.1, -0.05) is 0 Å². The minimum atomic E-state index is 0.318. The maximum Gasteiger partial charge on any atom is 0.126 e. The Balaban J connectivity index is 1.82. The summed E-state index contributed by atoms with van der Waals surface area (Å²) in [6, 6.07) is 2.39. The summed E-state index contributed by atoms with van der Waals surface area (Å²) in [5.74, 6) is 1.64. The summed E-state index contributed by atoms with van der Waals surface area (Å²) < 4.78 is 1.05. The van der Waals surface area contributed by atoms with Crippen molar-refractivity contribution in [3.05, 3.63) is 38.9 Å². The molecular weight excluding hydrogens is 310 g/mol. The Morgan fingerprint density at radius 1 is 1.44 bits per heavy atom. The highest BCUT2D eigenvalue weighted by Crippen LogP contribution is 2.43. The van der Waals surface area contributed by atoms with E-state index in [1.807, 2.05) is 17.8 Å². The van der Waals surface area contributed by atoms with Crippen LogP contribution in [-0.4, -0.2) is 9.97 Å². The first-order valence-corrected chi connectivity index (χ1v) is 7.69. The number of aromatic nitrogens is 2. The van der Waals surface area contributed by atoms with Crippen LogP contribution in [0, 0.1) is 12.8 Å². The van der Waals surface area contributed by atoms with Gasteiger partial charge in [0.25, 0.3) is 0 Å². The van der Waals surface area contributed by atoms with Gasteiger partial charge in [-0.25, -0.2) is 9.97 Å². The molecule has 0 aromatic carbocycles. The summed E-state index contributed by atoms with van der Waals surface area (Å²) in [5, 5.41) is 6.73. The van der Waals surface area contributed by atoms with Crippen molar-refractivity contribution in [3.8, 4) is 0 Å². The van der Waals surface area contributed by atoms with Crippen LogP contribution in [0.3, 0.4) is 0 Å². The molecule has 18 heavy (non-hydrogen) atoms. The third-order valence-corrected chi connectivity index (χ3v) is 4.85. The van der Waals surface area contributed by atoms with E-state index in [0.717, 1.165) is 10.3 Å². The van der Waals surface area contributed by atoms with Crippen molar-refractivity contribution in [3.63, 3.8) is 0 Å². The van der Waals surface area contributed by atoms with Crippen molar-refractivity contribution in [1.82, 2.24) is 9.97 Å². The average molecular weight is 324 g/mol. The number of thiazole rings is 1. The molecule has 2 heterocycles. The van der Waals surface area contributed by atoms with Gasteiger partial charge in [0.05, 0.1) is 6.04 Å². The van der Waals surface area contributed by atoms with Crippen LogP contribution in [0.5, 0.6) is 0 Å². The molecular formula is C13H14BrN3S. The van der Waals surface area contributed by atoms with E-state index >= 15 is 0 Å². The van der Waals surface area contributed by atoms with Crippen molar-refractivity contribution in [1.29, 1.82) is 0 Å². The zero-order valence-electron chi connectivity index (χ0n) is 10.1. The second-order valence-corrected chi connectivity index (χ2v) is 6.43. The molecule has 5 heteroatoms. The molecule has 2 aromatic rings. The summed E-state index contributed by atoms with van der Waals surface area (Å²) in [7, 11) is 0. The van der Waals surface area contributed by atoms with Crippen LogP contribution in [0.25, 0.3) is 0 Å². The van der Waals surface area contributed by atoms with E-state index in [4.69, 9.17) is 0 Å². The minimum absolute atomic E-state index is 0.318. The first-order valence-electron chi connectivity index (χ1n) is 6.02. The smallest absolute Gasteiger partial charge is 0.126 e. The molecule has 0 bridgehead atoms. The molecule has 0 radical (unpaired) electrons. The molecule has 3 rings (SSSR count). The number of hydrogen-bond acceptors (Lipinski definition) is 4. The van der Waals surface area contributed by atoms with Crippen molar-refractivity contribution in [2.45, 2.75) is 25.8 Å². The molecule has 94 valence electrons. The minimum Gasteiger partial charge on any atom is -0.361 e. The molecule has 1 atom stereocenters. The maximum atomic E-state index is 4.43. The molecule has 1 saturated carbocycles. The van der Waals surface area contributed by atoms with Gasteiger partial charge in [0.2, 0.25) is 0 Å². The van der Waals surface area contributed by atoms with E-state index in [1.54, 1.807) is 11.3 Å². The lowest BCUT2D eigenvalue weighted by Crippen LogP contribution is -2.13. The van der Waals surface area contributed by atoms with Gasteiger partial charge in [-0.3, -0.25) is 0 Å². The lowest BCUT2D eigenvalue weighted by atomic mass is 10.2. The zero-order chi connectivity index (χ0) is 12.5.